The van der Waals surface area contributed by atoms with E-state index in [1.807, 2.05) is 0 Å². The van der Waals surface area contributed by atoms with Crippen LogP contribution in [0.4, 0.5) is 0 Å². The summed E-state index contributed by atoms with van der Waals surface area (Å²) in [5.74, 6) is 0.647. The number of aliphatic carboxylic acids is 1. The minimum absolute atomic E-state index is 0.311. The minimum atomic E-state index is -0.873. The lowest BCUT2D eigenvalue weighted by atomic mass is 10.4. The van der Waals surface area contributed by atoms with Crippen molar-refractivity contribution in [1.29, 1.82) is 0 Å². The van der Waals surface area contributed by atoms with Crippen LogP contribution in [0, 0.1) is 0 Å². The van der Waals surface area contributed by atoms with Crippen molar-refractivity contribution in [2.75, 3.05) is 18.1 Å². The van der Waals surface area contributed by atoms with Crippen LogP contribution in [-0.2, 0) is 4.79 Å². The van der Waals surface area contributed by atoms with Gasteiger partial charge in [-0.15, -0.1) is 0 Å². The van der Waals surface area contributed by atoms with Gasteiger partial charge < -0.3 is 5.11 Å². The lowest BCUT2D eigenvalue weighted by molar-refractivity contribution is -0.129. The van der Waals surface area contributed by atoms with Crippen molar-refractivity contribution in [1.82, 2.24) is 0 Å². The summed E-state index contributed by atoms with van der Waals surface area (Å²) in [4.78, 5) is 14.0. The second kappa shape index (κ2) is 2.87. The zero-order chi connectivity index (χ0) is 6.69. The second-order valence-electron chi connectivity index (χ2n) is 1.69. The van der Waals surface area contributed by atoms with E-state index in [1.165, 1.54) is 0 Å². The lowest BCUT2D eigenvalue weighted by Gasteiger charge is -2.05. The molecule has 1 rings (SSSR count). The van der Waals surface area contributed by atoms with Crippen LogP contribution in [0.5, 0.6) is 0 Å². The molecule has 3 nitrogen and oxygen atoms in total. The molecule has 1 aliphatic heterocycles. The third kappa shape index (κ3) is 1.71. The molecule has 0 amide bonds. The average Bonchev–Trinajstić information content (AvgIpc) is 1.90. The first-order valence-electron chi connectivity index (χ1n) is 2.65. The van der Waals surface area contributed by atoms with E-state index in [0.29, 0.717) is 18.0 Å². The van der Waals surface area contributed by atoms with E-state index < -0.39 is 5.97 Å². The minimum Gasteiger partial charge on any atom is -0.477 e. The molecule has 0 radical (unpaired) electrons. The summed E-state index contributed by atoms with van der Waals surface area (Å²) < 4.78 is 0. The van der Waals surface area contributed by atoms with Crippen LogP contribution in [0.25, 0.3) is 0 Å². The Morgan fingerprint density at radius 2 is 2.56 bits per heavy atom. The smallest absolute Gasteiger partial charge is 0.350 e. The Balaban J connectivity index is 2.57. The Hall–Kier alpha value is -0.510. The second-order valence-corrected chi connectivity index (χ2v) is 2.79. The van der Waals surface area contributed by atoms with Gasteiger partial charge in [-0.3, -0.25) is 4.99 Å². The van der Waals surface area contributed by atoms with Crippen LogP contribution in [0.15, 0.2) is 4.99 Å². The molecule has 0 spiro atoms. The van der Waals surface area contributed by atoms with Gasteiger partial charge in [0.25, 0.3) is 0 Å². The number of nitrogens with zero attached hydrogens (tertiary/aromatic N) is 1. The molecule has 0 bridgehead atoms. The van der Waals surface area contributed by atoms with E-state index in [1.54, 1.807) is 11.8 Å². The van der Waals surface area contributed by atoms with Gasteiger partial charge in [-0.05, 0) is 0 Å². The summed E-state index contributed by atoms with van der Waals surface area (Å²) in [5.41, 5.74) is 0.311. The molecule has 0 aliphatic carbocycles. The van der Waals surface area contributed by atoms with E-state index in [9.17, 15) is 4.79 Å². The van der Waals surface area contributed by atoms with Crippen LogP contribution in [0.2, 0.25) is 0 Å². The number of thioether (sulfide) groups is 1. The highest BCUT2D eigenvalue weighted by Gasteiger charge is 2.11. The van der Waals surface area contributed by atoms with Crippen molar-refractivity contribution in [3.05, 3.63) is 0 Å². The molecular weight excluding hydrogens is 138 g/mol. The van der Waals surface area contributed by atoms with Gasteiger partial charge >= 0.3 is 5.97 Å². The summed E-state index contributed by atoms with van der Waals surface area (Å²) in [7, 11) is 0. The molecule has 0 aromatic rings. The van der Waals surface area contributed by atoms with E-state index in [2.05, 4.69) is 4.99 Å². The first-order chi connectivity index (χ1) is 4.30. The molecule has 0 saturated heterocycles. The third-order valence-electron chi connectivity index (χ3n) is 1.02. The predicted molar refractivity (Wildman–Crippen MR) is 37.3 cm³/mol. The summed E-state index contributed by atoms with van der Waals surface area (Å²) in [6.45, 7) is 0.659. The average molecular weight is 145 g/mol. The number of aliphatic imine (C=N–C) groups is 1. The van der Waals surface area contributed by atoms with Crippen LogP contribution >= 0.6 is 11.8 Å². The lowest BCUT2D eigenvalue weighted by Crippen LogP contribution is -2.20. The molecule has 0 fully saturated rings. The fourth-order valence-electron chi connectivity index (χ4n) is 0.589. The number of carboxylic acids is 1. The van der Waals surface area contributed by atoms with Crippen molar-refractivity contribution in [3.8, 4) is 0 Å². The summed E-state index contributed by atoms with van der Waals surface area (Å²) in [5, 5.41) is 8.39. The monoisotopic (exact) mass is 145 g/mol. The van der Waals surface area contributed by atoms with Gasteiger partial charge in [0.2, 0.25) is 0 Å². The van der Waals surface area contributed by atoms with Crippen LogP contribution in [0.1, 0.15) is 0 Å². The number of hydrogen-bond acceptors (Lipinski definition) is 3. The molecule has 0 aromatic carbocycles. The zero-order valence-corrected chi connectivity index (χ0v) is 5.65. The predicted octanol–water partition coefficient (Wildman–Crippen LogP) is 0.259. The molecule has 0 aromatic heterocycles. The molecule has 9 heavy (non-hydrogen) atoms. The highest BCUT2D eigenvalue weighted by atomic mass is 32.2. The van der Waals surface area contributed by atoms with Gasteiger partial charge in [0.05, 0.1) is 0 Å². The molecule has 1 aliphatic rings. The SMILES string of the molecule is O=C(O)C1=NCCSC1. The van der Waals surface area contributed by atoms with E-state index in [-0.39, 0.29) is 0 Å². The number of carbonyl (C=O) groups is 1. The Morgan fingerprint density at radius 1 is 1.78 bits per heavy atom. The van der Waals surface area contributed by atoms with Gasteiger partial charge in [-0.2, -0.15) is 11.8 Å². The first-order valence-corrected chi connectivity index (χ1v) is 3.80. The number of rotatable bonds is 1. The molecular formula is C5H7NO2S. The number of hydrogen-bond donors (Lipinski definition) is 1. The van der Waals surface area contributed by atoms with Gasteiger partial charge in [-0.25, -0.2) is 4.79 Å². The van der Waals surface area contributed by atoms with E-state index in [4.69, 9.17) is 5.11 Å². The van der Waals surface area contributed by atoms with Crippen LogP contribution in [-0.4, -0.2) is 34.8 Å². The van der Waals surface area contributed by atoms with Gasteiger partial charge in [0, 0.05) is 18.1 Å². The largest absolute Gasteiger partial charge is 0.477 e. The molecule has 1 heterocycles. The molecule has 0 atom stereocenters. The van der Waals surface area contributed by atoms with Crippen molar-refractivity contribution in [2.45, 2.75) is 0 Å². The van der Waals surface area contributed by atoms with Crippen LogP contribution < -0.4 is 0 Å². The van der Waals surface area contributed by atoms with Crippen molar-refractivity contribution in [3.63, 3.8) is 0 Å². The van der Waals surface area contributed by atoms with Crippen molar-refractivity contribution in [2.24, 2.45) is 4.99 Å². The molecule has 0 saturated carbocycles. The molecule has 4 heteroatoms. The van der Waals surface area contributed by atoms with Gasteiger partial charge in [0.1, 0.15) is 5.71 Å². The molecule has 50 valence electrons. The number of carboxylic acid groups (broad SMARTS) is 1. The summed E-state index contributed by atoms with van der Waals surface area (Å²) in [6, 6.07) is 0. The quantitative estimate of drug-likeness (QED) is 0.575. The maximum atomic E-state index is 10.2. The normalized spacial score (nSPS) is 18.9. The third-order valence-corrected chi connectivity index (χ3v) is 1.97. The van der Waals surface area contributed by atoms with Crippen molar-refractivity contribution >= 4 is 23.4 Å². The summed E-state index contributed by atoms with van der Waals surface area (Å²) in [6.07, 6.45) is 0. The Labute approximate surface area is 57.2 Å². The standard InChI is InChI=1S/C5H7NO2S/c7-5(8)4-3-9-2-1-6-4/h1-3H2,(H,7,8). The molecule has 0 unspecified atom stereocenters. The van der Waals surface area contributed by atoms with Crippen LogP contribution in [0.3, 0.4) is 0 Å². The fourth-order valence-corrected chi connectivity index (χ4v) is 1.36. The zero-order valence-electron chi connectivity index (χ0n) is 4.83. The fraction of sp³-hybridized carbons (Fsp3) is 0.600. The van der Waals surface area contributed by atoms with Gasteiger partial charge in [0.15, 0.2) is 0 Å². The highest BCUT2D eigenvalue weighted by molar-refractivity contribution is 8.00. The topological polar surface area (TPSA) is 49.7 Å². The summed E-state index contributed by atoms with van der Waals surface area (Å²) >= 11 is 1.62. The Bertz CT molecular complexity index is 155. The maximum absolute atomic E-state index is 10.2. The van der Waals surface area contributed by atoms with E-state index in [0.717, 1.165) is 5.75 Å². The maximum Gasteiger partial charge on any atom is 0.350 e. The Kier molecular flexibility index (Phi) is 2.10. The van der Waals surface area contributed by atoms with E-state index >= 15 is 0 Å². The first kappa shape index (κ1) is 6.61. The van der Waals surface area contributed by atoms with Gasteiger partial charge in [-0.1, -0.05) is 0 Å². The Morgan fingerprint density at radius 3 is 2.89 bits per heavy atom. The highest BCUT2D eigenvalue weighted by Crippen LogP contribution is 2.06. The molecule has 1 N–H and O–H groups in total. The van der Waals surface area contributed by atoms with Crippen molar-refractivity contribution < 1.29 is 9.90 Å².